The van der Waals surface area contributed by atoms with E-state index in [2.05, 4.69) is 10.6 Å². The maximum atomic E-state index is 12.5. The first-order valence-corrected chi connectivity index (χ1v) is 8.42. The molecule has 2 amide bonds. The third-order valence-corrected chi connectivity index (χ3v) is 4.19. The number of rotatable bonds is 5. The maximum absolute atomic E-state index is 12.5. The van der Waals surface area contributed by atoms with Crippen LogP contribution < -0.4 is 10.6 Å². The van der Waals surface area contributed by atoms with Gasteiger partial charge >= 0.3 is 0 Å². The van der Waals surface area contributed by atoms with E-state index in [0.717, 1.165) is 5.56 Å². The Morgan fingerprint density at radius 2 is 1.81 bits per heavy atom. The average molecular weight is 369 g/mol. The van der Waals surface area contributed by atoms with Gasteiger partial charge in [-0.15, -0.1) is 0 Å². The van der Waals surface area contributed by atoms with Gasteiger partial charge in [-0.1, -0.05) is 35.9 Å². The summed E-state index contributed by atoms with van der Waals surface area (Å²) in [6.07, 6.45) is 1.43. The Labute approximate surface area is 156 Å². The van der Waals surface area contributed by atoms with E-state index >= 15 is 0 Å². The van der Waals surface area contributed by atoms with E-state index in [1.807, 2.05) is 25.1 Å². The summed E-state index contributed by atoms with van der Waals surface area (Å²) in [4.78, 5) is 24.6. The highest BCUT2D eigenvalue weighted by Crippen LogP contribution is 2.22. The third kappa shape index (κ3) is 4.13. The molecule has 2 aromatic carbocycles. The molecule has 0 spiro atoms. The van der Waals surface area contributed by atoms with Crippen LogP contribution in [0, 0.1) is 0 Å². The number of halogens is 1. The molecule has 2 N–H and O–H groups in total. The van der Waals surface area contributed by atoms with E-state index in [9.17, 15) is 9.59 Å². The highest BCUT2D eigenvalue weighted by Gasteiger charge is 2.15. The summed E-state index contributed by atoms with van der Waals surface area (Å²) in [6.45, 7) is 1.86. The highest BCUT2D eigenvalue weighted by atomic mass is 35.5. The summed E-state index contributed by atoms with van der Waals surface area (Å²) >= 11 is 6.17. The Bertz CT molecular complexity index is 922. The molecule has 1 unspecified atom stereocenters. The summed E-state index contributed by atoms with van der Waals surface area (Å²) in [5.74, 6) is -0.435. The number of hydrogen-bond acceptors (Lipinski definition) is 3. The number of amides is 2. The van der Waals surface area contributed by atoms with E-state index in [1.54, 1.807) is 42.5 Å². The Morgan fingerprint density at radius 3 is 2.54 bits per heavy atom. The SMILES string of the molecule is CC(NC(=O)c1cccc(NC(=O)c2ccco2)c1)c1ccccc1Cl. The van der Waals surface area contributed by atoms with Crippen molar-refractivity contribution in [1.29, 1.82) is 0 Å². The fourth-order valence-corrected chi connectivity index (χ4v) is 2.82. The molecular formula is C20H17ClN2O3. The van der Waals surface area contributed by atoms with Crippen molar-refractivity contribution in [2.24, 2.45) is 0 Å². The van der Waals surface area contributed by atoms with Crippen LogP contribution in [0.5, 0.6) is 0 Å². The van der Waals surface area contributed by atoms with Crippen LogP contribution in [0.1, 0.15) is 39.4 Å². The minimum atomic E-state index is -0.378. The molecule has 3 aromatic rings. The van der Waals surface area contributed by atoms with Gasteiger partial charge < -0.3 is 15.1 Å². The summed E-state index contributed by atoms with van der Waals surface area (Å²) in [5, 5.41) is 6.20. The molecule has 0 saturated carbocycles. The second-order valence-corrected chi connectivity index (χ2v) is 6.14. The fourth-order valence-electron chi connectivity index (χ4n) is 2.52. The van der Waals surface area contributed by atoms with Crippen LogP contribution in [0.2, 0.25) is 5.02 Å². The second-order valence-electron chi connectivity index (χ2n) is 5.73. The number of anilines is 1. The van der Waals surface area contributed by atoms with Gasteiger partial charge in [-0.3, -0.25) is 9.59 Å². The maximum Gasteiger partial charge on any atom is 0.291 e. The summed E-state index contributed by atoms with van der Waals surface area (Å²) in [5.41, 5.74) is 1.77. The molecule has 3 rings (SSSR count). The van der Waals surface area contributed by atoms with Crippen LogP contribution in [0.15, 0.2) is 71.3 Å². The Kier molecular flexibility index (Phi) is 5.39. The molecular weight excluding hydrogens is 352 g/mol. The largest absolute Gasteiger partial charge is 0.459 e. The molecule has 1 aromatic heterocycles. The molecule has 6 heteroatoms. The summed E-state index contributed by atoms with van der Waals surface area (Å²) in [7, 11) is 0. The number of nitrogens with one attached hydrogen (secondary N) is 2. The molecule has 0 saturated heterocycles. The highest BCUT2D eigenvalue weighted by molar-refractivity contribution is 6.31. The molecule has 1 heterocycles. The minimum Gasteiger partial charge on any atom is -0.459 e. The van der Waals surface area contributed by atoms with Gasteiger partial charge in [-0.05, 0) is 48.9 Å². The van der Waals surface area contributed by atoms with Crippen molar-refractivity contribution in [3.8, 4) is 0 Å². The smallest absolute Gasteiger partial charge is 0.291 e. The van der Waals surface area contributed by atoms with Crippen molar-refractivity contribution in [3.63, 3.8) is 0 Å². The second kappa shape index (κ2) is 7.89. The van der Waals surface area contributed by atoms with Gasteiger partial charge in [-0.2, -0.15) is 0 Å². The number of hydrogen-bond donors (Lipinski definition) is 2. The van der Waals surface area contributed by atoms with E-state index < -0.39 is 0 Å². The molecule has 0 aliphatic carbocycles. The van der Waals surface area contributed by atoms with Crippen molar-refractivity contribution in [2.75, 3.05) is 5.32 Å². The molecule has 0 bridgehead atoms. The Hall–Kier alpha value is -3.05. The van der Waals surface area contributed by atoms with Gasteiger partial charge in [0.05, 0.1) is 12.3 Å². The lowest BCUT2D eigenvalue weighted by Gasteiger charge is -2.16. The van der Waals surface area contributed by atoms with Crippen molar-refractivity contribution in [1.82, 2.24) is 5.32 Å². The first kappa shape index (κ1) is 17.8. The van der Waals surface area contributed by atoms with Gasteiger partial charge in [0.2, 0.25) is 0 Å². The zero-order chi connectivity index (χ0) is 18.5. The lowest BCUT2D eigenvalue weighted by Crippen LogP contribution is -2.27. The van der Waals surface area contributed by atoms with E-state index in [-0.39, 0.29) is 23.6 Å². The van der Waals surface area contributed by atoms with Crippen LogP contribution in [-0.4, -0.2) is 11.8 Å². The monoisotopic (exact) mass is 368 g/mol. The number of carbonyl (C=O) groups is 2. The first-order valence-electron chi connectivity index (χ1n) is 8.05. The summed E-state index contributed by atoms with van der Waals surface area (Å²) in [6, 6.07) is 17.0. The van der Waals surface area contributed by atoms with Crippen LogP contribution in [0.3, 0.4) is 0 Å². The predicted octanol–water partition coefficient (Wildman–Crippen LogP) is 4.68. The Balaban J connectivity index is 1.70. The topological polar surface area (TPSA) is 71.3 Å². The van der Waals surface area contributed by atoms with Gasteiger partial charge in [0, 0.05) is 16.3 Å². The van der Waals surface area contributed by atoms with E-state index in [1.165, 1.54) is 6.26 Å². The van der Waals surface area contributed by atoms with Crippen LogP contribution in [0.25, 0.3) is 0 Å². The van der Waals surface area contributed by atoms with Crippen molar-refractivity contribution < 1.29 is 14.0 Å². The van der Waals surface area contributed by atoms with Crippen molar-refractivity contribution in [3.05, 3.63) is 88.8 Å². The lowest BCUT2D eigenvalue weighted by atomic mass is 10.1. The van der Waals surface area contributed by atoms with Gasteiger partial charge in [-0.25, -0.2) is 0 Å². The average Bonchev–Trinajstić information content (AvgIpc) is 3.17. The first-order chi connectivity index (χ1) is 12.5. The third-order valence-electron chi connectivity index (χ3n) is 3.85. The van der Waals surface area contributed by atoms with Crippen LogP contribution in [-0.2, 0) is 0 Å². The molecule has 132 valence electrons. The van der Waals surface area contributed by atoms with Crippen LogP contribution >= 0.6 is 11.6 Å². The standard InChI is InChI=1S/C20H17ClN2O3/c1-13(16-8-2-3-9-17(16)21)22-19(24)14-6-4-7-15(12-14)23-20(25)18-10-5-11-26-18/h2-13H,1H3,(H,22,24)(H,23,25). The van der Waals surface area contributed by atoms with E-state index in [4.69, 9.17) is 16.0 Å². The van der Waals surface area contributed by atoms with Crippen molar-refractivity contribution >= 4 is 29.1 Å². The van der Waals surface area contributed by atoms with Crippen LogP contribution in [0.4, 0.5) is 5.69 Å². The van der Waals surface area contributed by atoms with Crippen molar-refractivity contribution in [2.45, 2.75) is 13.0 Å². The molecule has 5 nitrogen and oxygen atoms in total. The molecule has 0 aliphatic rings. The molecule has 1 atom stereocenters. The zero-order valence-corrected chi connectivity index (χ0v) is 14.8. The van der Waals surface area contributed by atoms with Gasteiger partial charge in [0.15, 0.2) is 5.76 Å². The normalized spacial score (nSPS) is 11.6. The zero-order valence-electron chi connectivity index (χ0n) is 14.0. The molecule has 26 heavy (non-hydrogen) atoms. The quantitative estimate of drug-likeness (QED) is 0.687. The van der Waals surface area contributed by atoms with Gasteiger partial charge in [0.1, 0.15) is 0 Å². The number of benzene rings is 2. The predicted molar refractivity (Wildman–Crippen MR) is 100 cm³/mol. The Morgan fingerprint density at radius 1 is 1.00 bits per heavy atom. The molecule has 0 aliphatic heterocycles. The number of furan rings is 1. The summed E-state index contributed by atoms with van der Waals surface area (Å²) < 4.78 is 5.05. The molecule has 0 radical (unpaired) electrons. The number of carbonyl (C=O) groups excluding carboxylic acids is 2. The minimum absolute atomic E-state index is 0.201. The van der Waals surface area contributed by atoms with Gasteiger partial charge in [0.25, 0.3) is 11.8 Å². The molecule has 0 fully saturated rings. The fraction of sp³-hybridized carbons (Fsp3) is 0.100. The lowest BCUT2D eigenvalue weighted by molar-refractivity contribution is 0.0938. The van der Waals surface area contributed by atoms with E-state index in [0.29, 0.717) is 16.3 Å².